The number of rotatable bonds is 9. The van der Waals surface area contributed by atoms with Gasteiger partial charge in [0.1, 0.15) is 18.2 Å². The number of methoxy groups -OCH3 is 2. The van der Waals surface area contributed by atoms with Gasteiger partial charge < -0.3 is 18.9 Å². The van der Waals surface area contributed by atoms with Crippen molar-refractivity contribution in [1.29, 1.82) is 0 Å². The first kappa shape index (κ1) is 23.6. The van der Waals surface area contributed by atoms with Gasteiger partial charge in [0, 0.05) is 5.38 Å². The van der Waals surface area contributed by atoms with Crippen LogP contribution in [0, 0.1) is 0 Å². The summed E-state index contributed by atoms with van der Waals surface area (Å²) in [6.07, 6.45) is -4.38. The SMILES string of the molecule is COc1cccc(-c2nc(COC(=O)c3ccc(COCC(F)(F)F)cc3)cs2)c1OC. The number of aromatic nitrogens is 1. The summed E-state index contributed by atoms with van der Waals surface area (Å²) in [7, 11) is 3.10. The lowest BCUT2D eigenvalue weighted by molar-refractivity contribution is -0.176. The van der Waals surface area contributed by atoms with Gasteiger partial charge in [0.2, 0.25) is 0 Å². The van der Waals surface area contributed by atoms with Gasteiger partial charge in [-0.1, -0.05) is 18.2 Å². The molecule has 0 unspecified atom stereocenters. The molecular weight excluding hydrogens is 447 g/mol. The van der Waals surface area contributed by atoms with E-state index in [-0.39, 0.29) is 18.8 Å². The first-order valence-electron chi connectivity index (χ1n) is 9.37. The zero-order valence-electron chi connectivity index (χ0n) is 17.3. The van der Waals surface area contributed by atoms with Crippen LogP contribution in [0.5, 0.6) is 11.5 Å². The summed E-state index contributed by atoms with van der Waals surface area (Å²) < 4.78 is 57.0. The maximum Gasteiger partial charge on any atom is 0.411 e. The molecule has 0 saturated heterocycles. The Bertz CT molecular complexity index is 1050. The van der Waals surface area contributed by atoms with Crippen molar-refractivity contribution >= 4 is 17.3 Å². The summed E-state index contributed by atoms with van der Waals surface area (Å²) >= 11 is 1.38. The predicted molar refractivity (Wildman–Crippen MR) is 112 cm³/mol. The maximum absolute atomic E-state index is 12.3. The molecule has 1 heterocycles. The number of hydrogen-bond donors (Lipinski definition) is 0. The summed E-state index contributed by atoms with van der Waals surface area (Å²) in [5.74, 6) is 0.578. The highest BCUT2D eigenvalue weighted by atomic mass is 32.1. The van der Waals surface area contributed by atoms with Crippen LogP contribution in [-0.2, 0) is 22.7 Å². The minimum absolute atomic E-state index is 0.0297. The molecule has 3 aromatic rings. The Morgan fingerprint density at radius 2 is 1.78 bits per heavy atom. The smallest absolute Gasteiger partial charge is 0.411 e. The van der Waals surface area contributed by atoms with Gasteiger partial charge in [-0.3, -0.25) is 0 Å². The van der Waals surface area contributed by atoms with E-state index in [0.717, 1.165) is 5.56 Å². The van der Waals surface area contributed by atoms with Gasteiger partial charge in [0.25, 0.3) is 0 Å². The molecule has 10 heteroatoms. The standard InChI is InChI=1S/C22H20F3NO5S/c1-28-18-5-3-4-17(19(18)29-2)20-26-16(12-32-20)11-31-21(27)15-8-6-14(7-9-15)10-30-13-22(23,24)25/h3-9,12H,10-11,13H2,1-2H3. The van der Waals surface area contributed by atoms with Gasteiger partial charge in [-0.25, -0.2) is 9.78 Å². The van der Waals surface area contributed by atoms with Crippen LogP contribution in [0.15, 0.2) is 47.8 Å². The summed E-state index contributed by atoms with van der Waals surface area (Å²) in [6.45, 7) is -1.56. The molecule has 32 heavy (non-hydrogen) atoms. The third-order valence-electron chi connectivity index (χ3n) is 4.26. The highest BCUT2D eigenvalue weighted by Crippen LogP contribution is 2.39. The van der Waals surface area contributed by atoms with E-state index in [2.05, 4.69) is 9.72 Å². The fraction of sp³-hybridized carbons (Fsp3) is 0.273. The number of carbonyl (C=O) groups is 1. The van der Waals surface area contributed by atoms with Crippen LogP contribution >= 0.6 is 11.3 Å². The molecule has 0 atom stereocenters. The number of benzene rings is 2. The minimum Gasteiger partial charge on any atom is -0.493 e. The molecule has 0 fully saturated rings. The lowest BCUT2D eigenvalue weighted by Crippen LogP contribution is -2.16. The Hall–Kier alpha value is -3.11. The first-order chi connectivity index (χ1) is 15.3. The molecule has 0 amide bonds. The number of hydrogen-bond acceptors (Lipinski definition) is 7. The number of halogens is 3. The lowest BCUT2D eigenvalue weighted by atomic mass is 10.1. The summed E-state index contributed by atoms with van der Waals surface area (Å²) in [5, 5.41) is 2.47. The molecule has 0 N–H and O–H groups in total. The second-order valence-electron chi connectivity index (χ2n) is 6.57. The van der Waals surface area contributed by atoms with E-state index in [4.69, 9.17) is 14.2 Å². The van der Waals surface area contributed by atoms with Crippen LogP contribution in [0.1, 0.15) is 21.6 Å². The summed E-state index contributed by atoms with van der Waals surface area (Å²) in [4.78, 5) is 16.8. The minimum atomic E-state index is -4.38. The first-order valence-corrected chi connectivity index (χ1v) is 10.2. The average Bonchev–Trinajstić information content (AvgIpc) is 3.25. The van der Waals surface area contributed by atoms with Crippen molar-refractivity contribution in [2.45, 2.75) is 19.4 Å². The Morgan fingerprint density at radius 1 is 1.03 bits per heavy atom. The lowest BCUT2D eigenvalue weighted by Gasteiger charge is -2.10. The average molecular weight is 467 g/mol. The number of esters is 1. The molecule has 0 aliphatic carbocycles. The zero-order valence-corrected chi connectivity index (χ0v) is 18.1. The number of alkyl halides is 3. The molecular formula is C22H20F3NO5S. The quantitative estimate of drug-likeness (QED) is 0.400. The maximum atomic E-state index is 12.3. The van der Waals surface area contributed by atoms with Crippen LogP contribution in [0.2, 0.25) is 0 Å². The van der Waals surface area contributed by atoms with Crippen molar-refractivity contribution in [3.05, 3.63) is 64.7 Å². The van der Waals surface area contributed by atoms with E-state index in [9.17, 15) is 18.0 Å². The van der Waals surface area contributed by atoms with Gasteiger partial charge in [0.15, 0.2) is 11.5 Å². The fourth-order valence-electron chi connectivity index (χ4n) is 2.80. The molecule has 0 spiro atoms. The van der Waals surface area contributed by atoms with Gasteiger partial charge in [-0.15, -0.1) is 11.3 Å². The van der Waals surface area contributed by atoms with Crippen molar-refractivity contribution < 1.29 is 36.9 Å². The normalized spacial score (nSPS) is 11.3. The summed E-state index contributed by atoms with van der Waals surface area (Å²) in [6, 6.07) is 11.5. The number of nitrogens with zero attached hydrogens (tertiary/aromatic N) is 1. The van der Waals surface area contributed by atoms with E-state index < -0.39 is 18.8 Å². The van der Waals surface area contributed by atoms with Gasteiger partial charge in [-0.05, 0) is 29.8 Å². The van der Waals surface area contributed by atoms with Gasteiger partial charge in [0.05, 0.1) is 37.6 Å². The van der Waals surface area contributed by atoms with Crippen LogP contribution in [0.3, 0.4) is 0 Å². The van der Waals surface area contributed by atoms with Crippen molar-refractivity contribution in [2.24, 2.45) is 0 Å². The molecule has 0 bridgehead atoms. The molecule has 0 saturated carbocycles. The molecule has 170 valence electrons. The van der Waals surface area contributed by atoms with E-state index >= 15 is 0 Å². The third kappa shape index (κ3) is 6.21. The van der Waals surface area contributed by atoms with E-state index in [1.807, 2.05) is 12.1 Å². The van der Waals surface area contributed by atoms with Crippen LogP contribution in [-0.4, -0.2) is 38.0 Å². The second-order valence-corrected chi connectivity index (χ2v) is 7.42. The Labute approximate surface area is 186 Å². The van der Waals surface area contributed by atoms with Crippen molar-refractivity contribution in [3.63, 3.8) is 0 Å². The highest BCUT2D eigenvalue weighted by molar-refractivity contribution is 7.13. The number of ether oxygens (including phenoxy) is 4. The Balaban J connectivity index is 1.58. The summed E-state index contributed by atoms with van der Waals surface area (Å²) in [5.41, 5.74) is 2.12. The van der Waals surface area contributed by atoms with Crippen LogP contribution in [0.4, 0.5) is 13.2 Å². The van der Waals surface area contributed by atoms with Crippen LogP contribution < -0.4 is 9.47 Å². The fourth-order valence-corrected chi connectivity index (χ4v) is 3.62. The van der Waals surface area contributed by atoms with Crippen molar-refractivity contribution in [3.8, 4) is 22.1 Å². The topological polar surface area (TPSA) is 66.9 Å². The molecule has 1 aromatic heterocycles. The predicted octanol–water partition coefficient (Wildman–Crippen LogP) is 5.26. The molecule has 0 radical (unpaired) electrons. The molecule has 0 aliphatic heterocycles. The Morgan fingerprint density at radius 3 is 2.44 bits per heavy atom. The highest BCUT2D eigenvalue weighted by Gasteiger charge is 2.27. The molecule has 3 rings (SSSR count). The molecule has 2 aromatic carbocycles. The van der Waals surface area contributed by atoms with Crippen molar-refractivity contribution in [1.82, 2.24) is 4.98 Å². The number of para-hydroxylation sites is 1. The van der Waals surface area contributed by atoms with E-state index in [0.29, 0.717) is 27.8 Å². The largest absolute Gasteiger partial charge is 0.493 e. The van der Waals surface area contributed by atoms with Crippen molar-refractivity contribution in [2.75, 3.05) is 20.8 Å². The molecule has 0 aliphatic rings. The van der Waals surface area contributed by atoms with E-state index in [1.54, 1.807) is 25.7 Å². The Kier molecular flexibility index (Phi) is 7.70. The van der Waals surface area contributed by atoms with Gasteiger partial charge in [-0.2, -0.15) is 13.2 Å². The number of carbonyl (C=O) groups excluding carboxylic acids is 1. The monoisotopic (exact) mass is 467 g/mol. The van der Waals surface area contributed by atoms with E-state index in [1.165, 1.54) is 35.6 Å². The van der Waals surface area contributed by atoms with Gasteiger partial charge >= 0.3 is 12.1 Å². The third-order valence-corrected chi connectivity index (χ3v) is 5.18. The number of thiazole rings is 1. The zero-order chi connectivity index (χ0) is 23.1. The molecule has 6 nitrogen and oxygen atoms in total. The second kappa shape index (κ2) is 10.5. The van der Waals surface area contributed by atoms with Crippen LogP contribution in [0.25, 0.3) is 10.6 Å².